The Hall–Kier alpha value is -0.870. The van der Waals surface area contributed by atoms with Crippen molar-refractivity contribution in [3.63, 3.8) is 0 Å². The number of piperidine rings is 1. The molecule has 1 aromatic rings. The number of anilines is 1. The quantitative estimate of drug-likeness (QED) is 0.787. The second-order valence-electron chi connectivity index (χ2n) is 3.99. The number of nitrogens with zero attached hydrogens (tertiary/aromatic N) is 3. The van der Waals surface area contributed by atoms with E-state index in [4.69, 9.17) is 11.6 Å². The molecular weight excluding hydrogens is 214 g/mol. The molecule has 2 atom stereocenters. The largest absolute Gasteiger partial charge is 0.393 e. The monoisotopic (exact) mass is 227 g/mol. The van der Waals surface area contributed by atoms with E-state index >= 15 is 0 Å². The van der Waals surface area contributed by atoms with E-state index in [0.717, 1.165) is 25.3 Å². The Labute approximate surface area is 93.9 Å². The minimum Gasteiger partial charge on any atom is -0.393 e. The zero-order valence-electron chi connectivity index (χ0n) is 8.60. The summed E-state index contributed by atoms with van der Waals surface area (Å²) in [6.45, 7) is 3.68. The predicted octanol–water partition coefficient (Wildman–Crippen LogP) is 1.34. The van der Waals surface area contributed by atoms with E-state index in [1.165, 1.54) is 0 Å². The Kier molecular flexibility index (Phi) is 3.07. The van der Waals surface area contributed by atoms with Crippen molar-refractivity contribution in [3.8, 4) is 0 Å². The van der Waals surface area contributed by atoms with Gasteiger partial charge in [-0.15, -0.1) is 10.2 Å². The Morgan fingerprint density at radius 2 is 2.27 bits per heavy atom. The van der Waals surface area contributed by atoms with Gasteiger partial charge in [-0.2, -0.15) is 0 Å². The number of rotatable bonds is 1. The zero-order chi connectivity index (χ0) is 10.8. The van der Waals surface area contributed by atoms with Crippen molar-refractivity contribution in [3.05, 3.63) is 17.3 Å². The van der Waals surface area contributed by atoms with Crippen molar-refractivity contribution in [1.29, 1.82) is 0 Å². The summed E-state index contributed by atoms with van der Waals surface area (Å²) in [6, 6.07) is 3.60. The minimum atomic E-state index is -0.193. The lowest BCUT2D eigenvalue weighted by Crippen LogP contribution is -2.42. The first-order valence-corrected chi connectivity index (χ1v) is 5.47. The lowest BCUT2D eigenvalue weighted by molar-refractivity contribution is 0.0968. The molecule has 1 aromatic heterocycles. The van der Waals surface area contributed by atoms with Crippen LogP contribution in [0.3, 0.4) is 0 Å². The molecule has 1 N–H and O–H groups in total. The summed E-state index contributed by atoms with van der Waals surface area (Å²) in [5.41, 5.74) is 0. The zero-order valence-corrected chi connectivity index (χ0v) is 9.35. The van der Waals surface area contributed by atoms with Crippen LogP contribution in [0.25, 0.3) is 0 Å². The normalized spacial score (nSPS) is 26.7. The number of aromatic nitrogens is 2. The third kappa shape index (κ3) is 2.38. The summed E-state index contributed by atoms with van der Waals surface area (Å²) < 4.78 is 0. The highest BCUT2D eigenvalue weighted by molar-refractivity contribution is 6.29. The van der Waals surface area contributed by atoms with E-state index in [2.05, 4.69) is 15.1 Å². The molecule has 0 amide bonds. The number of hydrogen-bond donors (Lipinski definition) is 1. The lowest BCUT2D eigenvalue weighted by Gasteiger charge is -2.34. The summed E-state index contributed by atoms with van der Waals surface area (Å²) in [5, 5.41) is 17.8. The third-order valence-corrected chi connectivity index (χ3v) is 3.00. The summed E-state index contributed by atoms with van der Waals surface area (Å²) in [7, 11) is 0. The van der Waals surface area contributed by atoms with Crippen LogP contribution in [0.4, 0.5) is 5.82 Å². The van der Waals surface area contributed by atoms with Crippen LogP contribution in [-0.2, 0) is 0 Å². The molecule has 1 aliphatic rings. The standard InChI is InChI=1S/C10H14ClN3O/c1-7-6-14(5-4-8(7)15)10-3-2-9(11)12-13-10/h2-3,7-8,15H,4-6H2,1H3. The molecule has 1 saturated heterocycles. The van der Waals surface area contributed by atoms with Gasteiger partial charge in [0.2, 0.25) is 0 Å². The average molecular weight is 228 g/mol. The van der Waals surface area contributed by atoms with Gasteiger partial charge in [0.05, 0.1) is 6.10 Å². The fourth-order valence-electron chi connectivity index (χ4n) is 1.82. The molecule has 1 fully saturated rings. The van der Waals surface area contributed by atoms with Crippen LogP contribution in [0.1, 0.15) is 13.3 Å². The van der Waals surface area contributed by atoms with Gasteiger partial charge in [-0.1, -0.05) is 18.5 Å². The molecule has 0 aromatic carbocycles. The van der Waals surface area contributed by atoms with E-state index in [1.54, 1.807) is 6.07 Å². The maximum atomic E-state index is 9.60. The highest BCUT2D eigenvalue weighted by Crippen LogP contribution is 2.21. The van der Waals surface area contributed by atoms with Gasteiger partial charge in [0, 0.05) is 13.1 Å². The van der Waals surface area contributed by atoms with Crippen molar-refractivity contribution in [2.45, 2.75) is 19.4 Å². The van der Waals surface area contributed by atoms with Crippen molar-refractivity contribution in [1.82, 2.24) is 10.2 Å². The average Bonchev–Trinajstić information content (AvgIpc) is 2.23. The highest BCUT2D eigenvalue weighted by atomic mass is 35.5. The Morgan fingerprint density at radius 3 is 2.87 bits per heavy atom. The van der Waals surface area contributed by atoms with Gasteiger partial charge in [-0.3, -0.25) is 0 Å². The lowest BCUT2D eigenvalue weighted by atomic mass is 9.97. The topological polar surface area (TPSA) is 49.2 Å². The Balaban J connectivity index is 2.08. The molecule has 0 saturated carbocycles. The van der Waals surface area contributed by atoms with Crippen molar-refractivity contribution < 1.29 is 5.11 Å². The molecular formula is C10H14ClN3O. The first kappa shape index (κ1) is 10.6. The molecule has 1 aliphatic heterocycles. The molecule has 5 heteroatoms. The first-order chi connectivity index (χ1) is 7.16. The molecule has 2 unspecified atom stereocenters. The van der Waals surface area contributed by atoms with Gasteiger partial charge in [-0.05, 0) is 24.5 Å². The molecule has 4 nitrogen and oxygen atoms in total. The molecule has 0 bridgehead atoms. The Bertz CT molecular complexity index is 330. The summed E-state index contributed by atoms with van der Waals surface area (Å²) in [5.74, 6) is 1.11. The number of aliphatic hydroxyl groups excluding tert-OH is 1. The maximum absolute atomic E-state index is 9.60. The molecule has 0 radical (unpaired) electrons. The van der Waals surface area contributed by atoms with Crippen molar-refractivity contribution >= 4 is 17.4 Å². The van der Waals surface area contributed by atoms with E-state index in [0.29, 0.717) is 5.15 Å². The van der Waals surface area contributed by atoms with Crippen LogP contribution in [0.2, 0.25) is 5.15 Å². The summed E-state index contributed by atoms with van der Waals surface area (Å²) in [4.78, 5) is 2.13. The minimum absolute atomic E-state index is 0.193. The number of aliphatic hydroxyl groups is 1. The highest BCUT2D eigenvalue weighted by Gasteiger charge is 2.24. The predicted molar refractivity (Wildman–Crippen MR) is 59.0 cm³/mol. The van der Waals surface area contributed by atoms with Gasteiger partial charge in [0.15, 0.2) is 11.0 Å². The molecule has 0 spiro atoms. The second kappa shape index (κ2) is 4.33. The summed E-state index contributed by atoms with van der Waals surface area (Å²) >= 11 is 5.67. The fourth-order valence-corrected chi connectivity index (χ4v) is 1.92. The number of halogens is 1. The smallest absolute Gasteiger partial charge is 0.151 e. The van der Waals surface area contributed by atoms with E-state index in [-0.39, 0.29) is 12.0 Å². The summed E-state index contributed by atoms with van der Waals surface area (Å²) in [6.07, 6.45) is 0.590. The van der Waals surface area contributed by atoms with Crippen LogP contribution in [-0.4, -0.2) is 34.5 Å². The van der Waals surface area contributed by atoms with Crippen LogP contribution in [0.15, 0.2) is 12.1 Å². The fraction of sp³-hybridized carbons (Fsp3) is 0.600. The third-order valence-electron chi connectivity index (χ3n) is 2.80. The molecule has 0 aliphatic carbocycles. The van der Waals surface area contributed by atoms with E-state index in [9.17, 15) is 5.11 Å². The van der Waals surface area contributed by atoms with Gasteiger partial charge in [-0.25, -0.2) is 0 Å². The molecule has 15 heavy (non-hydrogen) atoms. The second-order valence-corrected chi connectivity index (χ2v) is 4.38. The van der Waals surface area contributed by atoms with Crippen LogP contribution >= 0.6 is 11.6 Å². The SMILES string of the molecule is CC1CN(c2ccc(Cl)nn2)CCC1O. The first-order valence-electron chi connectivity index (χ1n) is 5.09. The molecule has 2 rings (SSSR count). The Morgan fingerprint density at radius 1 is 1.47 bits per heavy atom. The van der Waals surface area contributed by atoms with Crippen molar-refractivity contribution in [2.75, 3.05) is 18.0 Å². The van der Waals surface area contributed by atoms with Crippen LogP contribution in [0.5, 0.6) is 0 Å². The van der Waals surface area contributed by atoms with E-state index < -0.39 is 0 Å². The number of hydrogen-bond acceptors (Lipinski definition) is 4. The van der Waals surface area contributed by atoms with Gasteiger partial charge >= 0.3 is 0 Å². The molecule has 2 heterocycles. The van der Waals surface area contributed by atoms with Gasteiger partial charge in [0.1, 0.15) is 0 Å². The molecule has 82 valence electrons. The van der Waals surface area contributed by atoms with Crippen LogP contribution in [0, 0.1) is 5.92 Å². The van der Waals surface area contributed by atoms with Crippen LogP contribution < -0.4 is 4.90 Å². The van der Waals surface area contributed by atoms with Gasteiger partial charge in [0.25, 0.3) is 0 Å². The van der Waals surface area contributed by atoms with Gasteiger partial charge < -0.3 is 10.0 Å². The van der Waals surface area contributed by atoms with E-state index in [1.807, 2.05) is 13.0 Å². The maximum Gasteiger partial charge on any atom is 0.151 e. The van der Waals surface area contributed by atoms with Crippen molar-refractivity contribution in [2.24, 2.45) is 5.92 Å².